The van der Waals surface area contributed by atoms with Crippen LogP contribution in [0.15, 0.2) is 23.1 Å². The van der Waals surface area contributed by atoms with Crippen LogP contribution in [0.3, 0.4) is 0 Å². The van der Waals surface area contributed by atoms with Crippen molar-refractivity contribution in [3.05, 3.63) is 23.8 Å². The maximum absolute atomic E-state index is 12.8. The first-order valence-electron chi connectivity index (χ1n) is 7.55. The molecule has 1 atom stereocenters. The maximum Gasteiger partial charge on any atom is 0.243 e. The van der Waals surface area contributed by atoms with Crippen LogP contribution in [0.5, 0.6) is 0 Å². The molecule has 1 saturated heterocycles. The van der Waals surface area contributed by atoms with Gasteiger partial charge in [0.05, 0.1) is 4.90 Å². The van der Waals surface area contributed by atoms with Gasteiger partial charge in [0.2, 0.25) is 10.0 Å². The van der Waals surface area contributed by atoms with E-state index >= 15 is 0 Å². The standard InChI is InChI=1S/C15H23N3O2S/c1-12-11-18(9-8-17(12)2)21(19,20)14-5-6-15-13(10-14)4-3-7-16-15/h5-6,10,12,16H,3-4,7-9,11H2,1-2H3. The Morgan fingerprint density at radius 2 is 2.10 bits per heavy atom. The van der Waals surface area contributed by atoms with Crippen molar-refractivity contribution in [2.45, 2.75) is 30.7 Å². The third kappa shape index (κ3) is 2.80. The third-order valence-corrected chi connectivity index (χ3v) is 6.44. The van der Waals surface area contributed by atoms with E-state index < -0.39 is 10.0 Å². The number of anilines is 1. The lowest BCUT2D eigenvalue weighted by Gasteiger charge is -2.36. The first-order valence-corrected chi connectivity index (χ1v) is 8.99. The van der Waals surface area contributed by atoms with Crippen molar-refractivity contribution in [1.82, 2.24) is 9.21 Å². The second-order valence-electron chi connectivity index (χ2n) is 6.04. The first kappa shape index (κ1) is 14.8. The molecule has 1 fully saturated rings. The van der Waals surface area contributed by atoms with E-state index in [0.717, 1.165) is 37.2 Å². The highest BCUT2D eigenvalue weighted by Crippen LogP contribution is 2.27. The van der Waals surface area contributed by atoms with Gasteiger partial charge in [-0.05, 0) is 50.6 Å². The SMILES string of the molecule is CC1CN(S(=O)(=O)c2ccc3c(c2)CCCN3)CCN1C. The largest absolute Gasteiger partial charge is 0.385 e. The van der Waals surface area contributed by atoms with Gasteiger partial charge in [0.1, 0.15) is 0 Å². The lowest BCUT2D eigenvalue weighted by Crippen LogP contribution is -2.51. The van der Waals surface area contributed by atoms with Crippen molar-refractivity contribution < 1.29 is 8.42 Å². The normalized spacial score (nSPS) is 24.4. The van der Waals surface area contributed by atoms with Gasteiger partial charge < -0.3 is 10.2 Å². The van der Waals surface area contributed by atoms with Gasteiger partial charge in [0.15, 0.2) is 0 Å². The zero-order valence-corrected chi connectivity index (χ0v) is 13.5. The maximum atomic E-state index is 12.8. The minimum Gasteiger partial charge on any atom is -0.385 e. The summed E-state index contributed by atoms with van der Waals surface area (Å²) >= 11 is 0. The van der Waals surface area contributed by atoms with Gasteiger partial charge in [-0.3, -0.25) is 0 Å². The Kier molecular flexibility index (Phi) is 3.94. The van der Waals surface area contributed by atoms with Crippen LogP contribution in [0, 0.1) is 0 Å². The molecule has 2 aliphatic heterocycles. The number of nitrogens with one attached hydrogen (secondary N) is 1. The van der Waals surface area contributed by atoms with Gasteiger partial charge in [-0.25, -0.2) is 8.42 Å². The molecule has 0 aliphatic carbocycles. The fourth-order valence-electron chi connectivity index (χ4n) is 2.99. The van der Waals surface area contributed by atoms with E-state index in [1.54, 1.807) is 10.4 Å². The van der Waals surface area contributed by atoms with E-state index in [4.69, 9.17) is 0 Å². The predicted molar refractivity (Wildman–Crippen MR) is 84.1 cm³/mol. The lowest BCUT2D eigenvalue weighted by molar-refractivity contribution is 0.159. The Labute approximate surface area is 127 Å². The summed E-state index contributed by atoms with van der Waals surface area (Å²) in [6.45, 7) is 4.95. The van der Waals surface area contributed by atoms with Crippen LogP contribution in [-0.4, -0.2) is 56.9 Å². The summed E-state index contributed by atoms with van der Waals surface area (Å²) < 4.78 is 27.2. The zero-order chi connectivity index (χ0) is 15.0. The Bertz CT molecular complexity index is 630. The van der Waals surface area contributed by atoms with Crippen molar-refractivity contribution in [1.29, 1.82) is 0 Å². The van der Waals surface area contributed by atoms with E-state index in [0.29, 0.717) is 18.0 Å². The van der Waals surface area contributed by atoms with Gasteiger partial charge >= 0.3 is 0 Å². The number of piperazine rings is 1. The summed E-state index contributed by atoms with van der Waals surface area (Å²) in [7, 11) is -1.33. The van der Waals surface area contributed by atoms with E-state index in [1.807, 2.05) is 19.2 Å². The summed E-state index contributed by atoms with van der Waals surface area (Å²) in [6.07, 6.45) is 2.01. The Morgan fingerprint density at radius 1 is 1.29 bits per heavy atom. The smallest absolute Gasteiger partial charge is 0.243 e. The number of rotatable bonds is 2. The highest BCUT2D eigenvalue weighted by atomic mass is 32.2. The average Bonchev–Trinajstić information content (AvgIpc) is 2.49. The van der Waals surface area contributed by atoms with Crippen molar-refractivity contribution in [3.63, 3.8) is 0 Å². The van der Waals surface area contributed by atoms with Gasteiger partial charge in [-0.1, -0.05) is 0 Å². The molecule has 0 radical (unpaired) electrons. The van der Waals surface area contributed by atoms with Crippen molar-refractivity contribution in [2.75, 3.05) is 38.5 Å². The van der Waals surface area contributed by atoms with Crippen LogP contribution in [0.4, 0.5) is 5.69 Å². The van der Waals surface area contributed by atoms with Crippen molar-refractivity contribution >= 4 is 15.7 Å². The number of hydrogen-bond donors (Lipinski definition) is 1. The van der Waals surface area contributed by atoms with E-state index in [1.165, 1.54) is 0 Å². The molecule has 116 valence electrons. The fraction of sp³-hybridized carbons (Fsp3) is 0.600. The molecule has 2 heterocycles. The summed E-state index contributed by atoms with van der Waals surface area (Å²) in [5.74, 6) is 0. The topological polar surface area (TPSA) is 52.7 Å². The molecule has 0 bridgehead atoms. The van der Waals surface area contributed by atoms with Crippen LogP contribution in [0.25, 0.3) is 0 Å². The monoisotopic (exact) mass is 309 g/mol. The molecule has 0 spiro atoms. The van der Waals surface area contributed by atoms with Gasteiger partial charge in [0, 0.05) is 37.9 Å². The minimum atomic E-state index is -3.37. The first-order chi connectivity index (χ1) is 9.98. The highest BCUT2D eigenvalue weighted by Gasteiger charge is 2.31. The number of nitrogens with zero attached hydrogens (tertiary/aromatic N) is 2. The molecule has 6 heteroatoms. The summed E-state index contributed by atoms with van der Waals surface area (Å²) in [5.41, 5.74) is 2.19. The van der Waals surface area contributed by atoms with Crippen LogP contribution in [-0.2, 0) is 16.4 Å². The molecule has 1 aromatic carbocycles. The van der Waals surface area contributed by atoms with Crippen LogP contribution >= 0.6 is 0 Å². The summed E-state index contributed by atoms with van der Waals surface area (Å²) in [4.78, 5) is 2.63. The number of sulfonamides is 1. The molecule has 21 heavy (non-hydrogen) atoms. The molecular weight excluding hydrogens is 286 g/mol. The van der Waals surface area contributed by atoms with Crippen molar-refractivity contribution in [2.24, 2.45) is 0 Å². The Balaban J connectivity index is 1.88. The minimum absolute atomic E-state index is 0.257. The number of likely N-dealkylation sites (N-methyl/N-ethyl adjacent to an activating group) is 1. The zero-order valence-electron chi connectivity index (χ0n) is 12.7. The van der Waals surface area contributed by atoms with Crippen LogP contribution < -0.4 is 5.32 Å². The van der Waals surface area contributed by atoms with Crippen molar-refractivity contribution in [3.8, 4) is 0 Å². The molecule has 5 nitrogen and oxygen atoms in total. The van der Waals surface area contributed by atoms with E-state index in [9.17, 15) is 8.42 Å². The molecule has 2 aliphatic rings. The third-order valence-electron chi connectivity index (χ3n) is 4.58. The van der Waals surface area contributed by atoms with Gasteiger partial charge in [-0.2, -0.15) is 4.31 Å². The number of aryl methyl sites for hydroxylation is 1. The Morgan fingerprint density at radius 3 is 2.86 bits per heavy atom. The second-order valence-corrected chi connectivity index (χ2v) is 7.98. The number of fused-ring (bicyclic) bond motifs is 1. The van der Waals surface area contributed by atoms with Gasteiger partial charge in [-0.15, -0.1) is 0 Å². The van der Waals surface area contributed by atoms with Gasteiger partial charge in [0.25, 0.3) is 0 Å². The summed E-state index contributed by atoms with van der Waals surface area (Å²) in [5, 5.41) is 3.32. The van der Waals surface area contributed by atoms with Crippen LogP contribution in [0.2, 0.25) is 0 Å². The predicted octanol–water partition coefficient (Wildman–Crippen LogP) is 1.37. The lowest BCUT2D eigenvalue weighted by atomic mass is 10.0. The second kappa shape index (κ2) is 5.59. The molecule has 1 aromatic rings. The highest BCUT2D eigenvalue weighted by molar-refractivity contribution is 7.89. The van der Waals surface area contributed by atoms with Crippen LogP contribution in [0.1, 0.15) is 18.9 Å². The summed E-state index contributed by atoms with van der Waals surface area (Å²) in [6, 6.07) is 5.74. The number of benzene rings is 1. The number of hydrogen-bond acceptors (Lipinski definition) is 4. The molecule has 3 rings (SSSR count). The molecule has 0 aromatic heterocycles. The van der Waals surface area contributed by atoms with E-state index in [2.05, 4.69) is 17.1 Å². The fourth-order valence-corrected chi connectivity index (χ4v) is 4.56. The van der Waals surface area contributed by atoms with E-state index in [-0.39, 0.29) is 6.04 Å². The molecule has 1 N–H and O–H groups in total. The molecule has 1 unspecified atom stereocenters. The molecule has 0 saturated carbocycles. The average molecular weight is 309 g/mol. The quantitative estimate of drug-likeness (QED) is 0.896. The molecular formula is C15H23N3O2S. The Hall–Kier alpha value is -1.11. The molecule has 0 amide bonds.